The zero-order valence-electron chi connectivity index (χ0n) is 13.5. The molecule has 2 heteroatoms. The predicted octanol–water partition coefficient (Wildman–Crippen LogP) is 3.56. The zero-order valence-corrected chi connectivity index (χ0v) is 13.5. The van der Waals surface area contributed by atoms with Gasteiger partial charge in [-0.15, -0.1) is 0 Å². The third-order valence-electron chi connectivity index (χ3n) is 5.01. The molecule has 1 aliphatic rings. The number of hydrogen-bond donors (Lipinski definition) is 1. The van der Waals surface area contributed by atoms with Crippen LogP contribution >= 0.6 is 0 Å². The molecule has 1 N–H and O–H groups in total. The van der Waals surface area contributed by atoms with Gasteiger partial charge in [0.2, 0.25) is 0 Å². The van der Waals surface area contributed by atoms with Crippen molar-refractivity contribution in [2.45, 2.75) is 58.0 Å². The highest BCUT2D eigenvalue weighted by atomic mass is 15.1. The zero-order chi connectivity index (χ0) is 14.5. The van der Waals surface area contributed by atoms with Crippen LogP contribution < -0.4 is 5.32 Å². The van der Waals surface area contributed by atoms with Crippen molar-refractivity contribution in [3.8, 4) is 0 Å². The molecule has 0 saturated heterocycles. The van der Waals surface area contributed by atoms with Gasteiger partial charge in [-0.2, -0.15) is 0 Å². The van der Waals surface area contributed by atoms with Gasteiger partial charge in [0.1, 0.15) is 0 Å². The molecule has 1 aromatic rings. The fourth-order valence-electron chi connectivity index (χ4n) is 3.06. The molecular weight excluding hydrogens is 244 g/mol. The van der Waals surface area contributed by atoms with Crippen LogP contribution in [0.1, 0.15) is 50.2 Å². The Bertz CT molecular complexity index is 410. The summed E-state index contributed by atoms with van der Waals surface area (Å²) < 4.78 is 0. The highest BCUT2D eigenvalue weighted by Crippen LogP contribution is 2.38. The minimum Gasteiger partial charge on any atom is -0.313 e. The van der Waals surface area contributed by atoms with Crippen LogP contribution in [0.5, 0.6) is 0 Å². The normalized spacial score (nSPS) is 23.6. The van der Waals surface area contributed by atoms with E-state index in [1.807, 2.05) is 0 Å². The van der Waals surface area contributed by atoms with E-state index in [0.717, 1.165) is 25.0 Å². The third-order valence-corrected chi connectivity index (χ3v) is 5.01. The first-order chi connectivity index (χ1) is 9.61. The molecule has 0 spiro atoms. The molecular formula is C18H30N2. The Morgan fingerprint density at radius 3 is 2.65 bits per heavy atom. The molecule has 20 heavy (non-hydrogen) atoms. The van der Waals surface area contributed by atoms with Crippen molar-refractivity contribution in [1.29, 1.82) is 0 Å². The van der Waals surface area contributed by atoms with Crippen LogP contribution in [0.3, 0.4) is 0 Å². The first kappa shape index (κ1) is 15.5. The predicted molar refractivity (Wildman–Crippen MR) is 87.3 cm³/mol. The molecule has 1 aromatic carbocycles. The number of aryl methyl sites for hydroxylation is 1. The lowest BCUT2D eigenvalue weighted by Crippen LogP contribution is -2.44. The first-order valence-electron chi connectivity index (χ1n) is 8.11. The fraction of sp³-hybridized carbons (Fsp3) is 0.667. The topological polar surface area (TPSA) is 15.3 Å². The first-order valence-corrected chi connectivity index (χ1v) is 8.11. The molecule has 1 unspecified atom stereocenters. The van der Waals surface area contributed by atoms with E-state index in [0.29, 0.717) is 6.04 Å². The maximum absolute atomic E-state index is 3.71. The lowest BCUT2D eigenvalue weighted by Gasteiger charge is -2.37. The second kappa shape index (κ2) is 7.24. The third kappa shape index (κ3) is 3.83. The average molecular weight is 274 g/mol. The molecule has 0 radical (unpaired) electrons. The summed E-state index contributed by atoms with van der Waals surface area (Å²) in [7, 11) is 2.23. The second-order valence-electron chi connectivity index (χ2n) is 6.41. The number of nitrogens with zero attached hydrogens (tertiary/aromatic N) is 1. The standard InChI is InChI=1S/C18H30N2/c1-5-15(3)20(4)11-10-19-17-12-16(13-17)18-9-7-6-8-14(18)2/h6-9,15-17,19H,5,10-13H2,1-4H3. The molecule has 0 bridgehead atoms. The van der Waals surface area contributed by atoms with E-state index in [9.17, 15) is 0 Å². The quantitative estimate of drug-likeness (QED) is 0.818. The summed E-state index contributed by atoms with van der Waals surface area (Å²) in [6.45, 7) is 9.06. The maximum atomic E-state index is 3.71. The van der Waals surface area contributed by atoms with E-state index in [1.165, 1.54) is 24.8 Å². The maximum Gasteiger partial charge on any atom is 0.0107 e. The molecule has 112 valence electrons. The van der Waals surface area contributed by atoms with Crippen molar-refractivity contribution >= 4 is 0 Å². The lowest BCUT2D eigenvalue weighted by molar-refractivity contribution is 0.229. The van der Waals surface area contributed by atoms with Gasteiger partial charge in [-0.1, -0.05) is 31.2 Å². The van der Waals surface area contributed by atoms with Gasteiger partial charge in [-0.05, 0) is 57.2 Å². The number of benzene rings is 1. The number of rotatable bonds is 7. The van der Waals surface area contributed by atoms with E-state index >= 15 is 0 Å². The van der Waals surface area contributed by atoms with Crippen molar-refractivity contribution in [3.63, 3.8) is 0 Å². The summed E-state index contributed by atoms with van der Waals surface area (Å²) in [6.07, 6.45) is 3.84. The summed E-state index contributed by atoms with van der Waals surface area (Å²) in [5.74, 6) is 0.779. The number of nitrogens with one attached hydrogen (secondary N) is 1. The van der Waals surface area contributed by atoms with Gasteiger partial charge in [-0.3, -0.25) is 0 Å². The van der Waals surface area contributed by atoms with E-state index in [-0.39, 0.29) is 0 Å². The Kier molecular flexibility index (Phi) is 5.62. The smallest absolute Gasteiger partial charge is 0.0107 e. The van der Waals surface area contributed by atoms with Gasteiger partial charge >= 0.3 is 0 Å². The van der Waals surface area contributed by atoms with E-state index in [2.05, 4.69) is 62.3 Å². The molecule has 1 atom stereocenters. The molecule has 1 saturated carbocycles. The van der Waals surface area contributed by atoms with Crippen molar-refractivity contribution in [1.82, 2.24) is 10.2 Å². The van der Waals surface area contributed by atoms with Crippen LogP contribution in [-0.4, -0.2) is 37.1 Å². The van der Waals surface area contributed by atoms with Crippen LogP contribution in [-0.2, 0) is 0 Å². The molecule has 2 nitrogen and oxygen atoms in total. The van der Waals surface area contributed by atoms with E-state index in [4.69, 9.17) is 0 Å². The van der Waals surface area contributed by atoms with Crippen molar-refractivity contribution in [3.05, 3.63) is 35.4 Å². The van der Waals surface area contributed by atoms with Gasteiger partial charge in [0.25, 0.3) is 0 Å². The Morgan fingerprint density at radius 1 is 1.30 bits per heavy atom. The van der Waals surface area contributed by atoms with Crippen LogP contribution in [0.15, 0.2) is 24.3 Å². The van der Waals surface area contributed by atoms with Crippen LogP contribution in [0.2, 0.25) is 0 Å². The average Bonchev–Trinajstić information content (AvgIpc) is 2.41. The van der Waals surface area contributed by atoms with Gasteiger partial charge in [0.05, 0.1) is 0 Å². The minimum absolute atomic E-state index is 0.693. The monoisotopic (exact) mass is 274 g/mol. The van der Waals surface area contributed by atoms with Crippen LogP contribution in [0.25, 0.3) is 0 Å². The molecule has 0 amide bonds. The SMILES string of the molecule is CCC(C)N(C)CCNC1CC(c2ccccc2C)C1. The lowest BCUT2D eigenvalue weighted by atomic mass is 9.74. The van der Waals surface area contributed by atoms with E-state index in [1.54, 1.807) is 5.56 Å². The van der Waals surface area contributed by atoms with Gasteiger partial charge in [0, 0.05) is 25.2 Å². The molecule has 0 aromatic heterocycles. The van der Waals surface area contributed by atoms with Crippen molar-refractivity contribution in [2.24, 2.45) is 0 Å². The summed E-state index contributed by atoms with van der Waals surface area (Å²) in [4.78, 5) is 2.45. The number of likely N-dealkylation sites (N-methyl/N-ethyl adjacent to an activating group) is 1. The molecule has 0 aliphatic heterocycles. The van der Waals surface area contributed by atoms with Crippen LogP contribution in [0.4, 0.5) is 0 Å². The molecule has 1 aliphatic carbocycles. The van der Waals surface area contributed by atoms with Crippen LogP contribution in [0, 0.1) is 6.92 Å². The Balaban J connectivity index is 1.66. The van der Waals surface area contributed by atoms with Gasteiger partial charge < -0.3 is 10.2 Å². The van der Waals surface area contributed by atoms with Crippen molar-refractivity contribution < 1.29 is 0 Å². The Morgan fingerprint density at radius 2 is 2.00 bits per heavy atom. The summed E-state index contributed by atoms with van der Waals surface area (Å²) in [5.41, 5.74) is 3.01. The summed E-state index contributed by atoms with van der Waals surface area (Å²) >= 11 is 0. The largest absolute Gasteiger partial charge is 0.313 e. The molecule has 2 rings (SSSR count). The molecule has 1 fully saturated rings. The highest BCUT2D eigenvalue weighted by Gasteiger charge is 2.30. The second-order valence-corrected chi connectivity index (χ2v) is 6.41. The fourth-order valence-corrected chi connectivity index (χ4v) is 3.06. The van der Waals surface area contributed by atoms with E-state index < -0.39 is 0 Å². The highest BCUT2D eigenvalue weighted by molar-refractivity contribution is 5.31. The summed E-state index contributed by atoms with van der Waals surface area (Å²) in [6, 6.07) is 10.3. The van der Waals surface area contributed by atoms with Gasteiger partial charge in [-0.25, -0.2) is 0 Å². The van der Waals surface area contributed by atoms with Gasteiger partial charge in [0.15, 0.2) is 0 Å². The number of hydrogen-bond acceptors (Lipinski definition) is 2. The Labute approximate surface area is 124 Å². The molecule has 0 heterocycles. The summed E-state index contributed by atoms with van der Waals surface area (Å²) in [5, 5.41) is 3.71. The minimum atomic E-state index is 0.693. The van der Waals surface area contributed by atoms with Crippen molar-refractivity contribution in [2.75, 3.05) is 20.1 Å². The Hall–Kier alpha value is -0.860.